The lowest BCUT2D eigenvalue weighted by Crippen LogP contribution is -2.47. The number of ether oxygens (including phenoxy) is 1. The summed E-state index contributed by atoms with van der Waals surface area (Å²) < 4.78 is 19.5. The number of piperazine rings is 1. The minimum atomic E-state index is -0.868. The highest BCUT2D eigenvalue weighted by Crippen LogP contribution is 2.34. The summed E-state index contributed by atoms with van der Waals surface area (Å²) in [5, 5.41) is 13.1. The summed E-state index contributed by atoms with van der Waals surface area (Å²) in [5.41, 5.74) is 1.09. The summed E-state index contributed by atoms with van der Waals surface area (Å²) in [6, 6.07) is 12.1. The molecule has 160 valence electrons. The molecule has 0 spiro atoms. The third kappa shape index (κ3) is 4.91. The van der Waals surface area contributed by atoms with Crippen molar-refractivity contribution in [2.45, 2.75) is 19.4 Å². The summed E-state index contributed by atoms with van der Waals surface area (Å²) in [6.45, 7) is 7.32. The highest BCUT2D eigenvalue weighted by Gasteiger charge is 2.21. The molecule has 1 saturated heterocycles. The first-order chi connectivity index (χ1) is 14.4. The van der Waals surface area contributed by atoms with Crippen molar-refractivity contribution in [2.24, 2.45) is 0 Å². The average Bonchev–Trinajstić information content (AvgIpc) is 3.21. The molecule has 30 heavy (non-hydrogen) atoms. The van der Waals surface area contributed by atoms with Crippen molar-refractivity contribution in [3.05, 3.63) is 41.8 Å². The van der Waals surface area contributed by atoms with Gasteiger partial charge in [-0.2, -0.15) is 0 Å². The Morgan fingerprint density at radius 3 is 2.53 bits per heavy atom. The third-order valence-electron chi connectivity index (χ3n) is 5.24. The predicted molar refractivity (Wildman–Crippen MR) is 121 cm³/mol. The monoisotopic (exact) mass is 429 g/mol. The zero-order chi connectivity index (χ0) is 21.1. The van der Waals surface area contributed by atoms with Crippen LogP contribution in [0.3, 0.4) is 0 Å². The molecule has 5 nitrogen and oxygen atoms in total. The Morgan fingerprint density at radius 1 is 1.13 bits per heavy atom. The number of nitrogens with zero attached hydrogens (tertiary/aromatic N) is 3. The summed E-state index contributed by atoms with van der Waals surface area (Å²) in [6.07, 6.45) is 0. The molecule has 0 bridgehead atoms. The summed E-state index contributed by atoms with van der Waals surface area (Å²) in [4.78, 5) is 9.49. The van der Waals surface area contributed by atoms with E-state index in [9.17, 15) is 9.50 Å². The van der Waals surface area contributed by atoms with Gasteiger partial charge in [0, 0.05) is 48.4 Å². The first-order valence-corrected chi connectivity index (χ1v) is 11.2. The van der Waals surface area contributed by atoms with Crippen LogP contribution in [0.25, 0.3) is 21.3 Å². The highest BCUT2D eigenvalue weighted by atomic mass is 32.1. The molecule has 0 atom stereocenters. The van der Waals surface area contributed by atoms with E-state index in [-0.39, 0.29) is 13.3 Å². The fourth-order valence-electron chi connectivity index (χ4n) is 3.62. The Kier molecular flexibility index (Phi) is 6.22. The molecule has 1 aromatic carbocycles. The van der Waals surface area contributed by atoms with E-state index in [4.69, 9.17) is 9.72 Å². The number of halogens is 1. The van der Waals surface area contributed by atoms with Gasteiger partial charge >= 0.3 is 0 Å². The van der Waals surface area contributed by atoms with Crippen molar-refractivity contribution < 1.29 is 14.2 Å². The van der Waals surface area contributed by atoms with E-state index >= 15 is 0 Å². The van der Waals surface area contributed by atoms with Crippen LogP contribution < -0.4 is 9.64 Å². The van der Waals surface area contributed by atoms with Crippen molar-refractivity contribution in [1.82, 2.24) is 9.88 Å². The summed E-state index contributed by atoms with van der Waals surface area (Å²) in [7, 11) is 0. The molecular formula is C23H28FN3O2S. The van der Waals surface area contributed by atoms with Gasteiger partial charge in [0.15, 0.2) is 0 Å². The van der Waals surface area contributed by atoms with E-state index < -0.39 is 5.60 Å². The molecule has 0 radical (unpaired) electrons. The summed E-state index contributed by atoms with van der Waals surface area (Å²) >= 11 is 1.72. The second-order valence-corrected chi connectivity index (χ2v) is 9.25. The van der Waals surface area contributed by atoms with Crippen LogP contribution in [0, 0.1) is 0 Å². The van der Waals surface area contributed by atoms with Gasteiger partial charge < -0.3 is 14.7 Å². The molecule has 0 unspecified atom stereocenters. The normalized spacial score (nSPS) is 15.7. The number of hydrogen-bond donors (Lipinski definition) is 1. The van der Waals surface area contributed by atoms with Gasteiger partial charge in [-0.1, -0.05) is 0 Å². The topological polar surface area (TPSA) is 48.8 Å². The molecular weight excluding hydrogens is 401 g/mol. The van der Waals surface area contributed by atoms with Gasteiger partial charge in [-0.3, -0.25) is 4.90 Å². The third-order valence-corrected chi connectivity index (χ3v) is 6.11. The molecule has 1 aliphatic rings. The van der Waals surface area contributed by atoms with Gasteiger partial charge in [-0.15, -0.1) is 11.3 Å². The zero-order valence-corrected chi connectivity index (χ0v) is 18.3. The van der Waals surface area contributed by atoms with Crippen LogP contribution in [0.1, 0.15) is 13.8 Å². The number of pyridine rings is 1. The SMILES string of the molecule is CC(C)(O)COc1ccc(-c2cc3sccc3c(N3CCN(CCF)CC3)n2)cc1. The zero-order valence-electron chi connectivity index (χ0n) is 17.5. The molecule has 2 aromatic heterocycles. The standard InChI is InChI=1S/C23H28FN3O2S/c1-23(2,28)16-29-18-5-3-17(4-6-18)20-15-21-19(7-14-30-21)22(25-20)27-12-10-26(9-8-24)11-13-27/h3-7,14-15,28H,8-13,16H2,1-2H3. The van der Waals surface area contributed by atoms with Crippen molar-refractivity contribution in [1.29, 1.82) is 0 Å². The van der Waals surface area contributed by atoms with E-state index in [1.165, 1.54) is 10.1 Å². The number of aliphatic hydroxyl groups is 1. The fourth-order valence-corrected chi connectivity index (χ4v) is 4.44. The van der Waals surface area contributed by atoms with Gasteiger partial charge in [-0.25, -0.2) is 9.37 Å². The van der Waals surface area contributed by atoms with Gasteiger partial charge in [0.25, 0.3) is 0 Å². The highest BCUT2D eigenvalue weighted by molar-refractivity contribution is 7.17. The van der Waals surface area contributed by atoms with Crippen molar-refractivity contribution in [2.75, 3.05) is 50.9 Å². The fraction of sp³-hybridized carbons (Fsp3) is 0.435. The van der Waals surface area contributed by atoms with Crippen LogP contribution >= 0.6 is 11.3 Å². The van der Waals surface area contributed by atoms with Gasteiger partial charge in [0.05, 0.1) is 11.3 Å². The number of hydrogen-bond acceptors (Lipinski definition) is 6. The molecule has 1 fully saturated rings. The van der Waals surface area contributed by atoms with Crippen molar-refractivity contribution in [3.63, 3.8) is 0 Å². The maximum atomic E-state index is 12.7. The number of thiophene rings is 1. The van der Waals surface area contributed by atoms with Crippen LogP contribution in [0.15, 0.2) is 41.8 Å². The predicted octanol–water partition coefficient (Wildman–Crippen LogP) is 4.20. The molecule has 3 aromatic rings. The van der Waals surface area contributed by atoms with Gasteiger partial charge in [0.2, 0.25) is 0 Å². The quantitative estimate of drug-likeness (QED) is 0.610. The van der Waals surface area contributed by atoms with E-state index in [2.05, 4.69) is 27.3 Å². The average molecular weight is 430 g/mol. The number of anilines is 1. The Bertz CT molecular complexity index is 976. The minimum Gasteiger partial charge on any atom is -0.491 e. The lowest BCUT2D eigenvalue weighted by atomic mass is 10.1. The second-order valence-electron chi connectivity index (χ2n) is 8.31. The minimum absolute atomic E-state index is 0.240. The molecule has 7 heteroatoms. The van der Waals surface area contributed by atoms with E-state index in [1.807, 2.05) is 24.3 Å². The Hall–Kier alpha value is -2.22. The Morgan fingerprint density at radius 2 is 1.87 bits per heavy atom. The van der Waals surface area contributed by atoms with Crippen LogP contribution in [0.2, 0.25) is 0 Å². The molecule has 1 aliphatic heterocycles. The number of aromatic nitrogens is 1. The van der Waals surface area contributed by atoms with Crippen LogP contribution in [-0.4, -0.2) is 66.6 Å². The van der Waals surface area contributed by atoms with E-state index in [0.717, 1.165) is 49.0 Å². The van der Waals surface area contributed by atoms with Crippen molar-refractivity contribution in [3.8, 4) is 17.0 Å². The van der Waals surface area contributed by atoms with Crippen LogP contribution in [-0.2, 0) is 0 Å². The lowest BCUT2D eigenvalue weighted by Gasteiger charge is -2.35. The number of benzene rings is 1. The van der Waals surface area contributed by atoms with Crippen molar-refractivity contribution >= 4 is 27.2 Å². The van der Waals surface area contributed by atoms with Crippen LogP contribution in [0.4, 0.5) is 10.2 Å². The maximum Gasteiger partial charge on any atom is 0.138 e. The largest absolute Gasteiger partial charge is 0.491 e. The maximum absolute atomic E-state index is 12.7. The Labute approximate surface area is 180 Å². The van der Waals surface area contributed by atoms with E-state index in [1.54, 1.807) is 25.2 Å². The number of rotatable bonds is 7. The van der Waals surface area contributed by atoms with Crippen LogP contribution in [0.5, 0.6) is 5.75 Å². The Balaban J connectivity index is 1.57. The first kappa shape index (κ1) is 21.0. The molecule has 4 rings (SSSR count). The van der Waals surface area contributed by atoms with Gasteiger partial charge in [-0.05, 0) is 55.6 Å². The molecule has 1 N–H and O–H groups in total. The molecule has 0 amide bonds. The molecule has 0 saturated carbocycles. The van der Waals surface area contributed by atoms with E-state index in [0.29, 0.717) is 6.54 Å². The number of alkyl halides is 1. The first-order valence-electron chi connectivity index (χ1n) is 10.3. The molecule has 3 heterocycles. The second kappa shape index (κ2) is 8.88. The van der Waals surface area contributed by atoms with Gasteiger partial charge in [0.1, 0.15) is 24.8 Å². The lowest BCUT2D eigenvalue weighted by molar-refractivity contribution is 0.0285. The number of fused-ring (bicyclic) bond motifs is 1. The summed E-state index contributed by atoms with van der Waals surface area (Å²) in [5.74, 6) is 1.73. The smallest absolute Gasteiger partial charge is 0.138 e. The molecule has 0 aliphatic carbocycles.